The van der Waals surface area contributed by atoms with Gasteiger partial charge in [0.1, 0.15) is 11.6 Å². The van der Waals surface area contributed by atoms with Gasteiger partial charge >= 0.3 is 6.03 Å². The summed E-state index contributed by atoms with van der Waals surface area (Å²) in [5, 5.41) is 2.78. The van der Waals surface area contributed by atoms with Gasteiger partial charge in [-0.25, -0.2) is 13.6 Å². The van der Waals surface area contributed by atoms with E-state index in [4.69, 9.17) is 0 Å². The van der Waals surface area contributed by atoms with Crippen LogP contribution in [0.3, 0.4) is 0 Å². The molecule has 0 atom stereocenters. The number of piperazine rings is 1. The molecular weight excluding hydrogens is 328 g/mol. The molecule has 25 heavy (non-hydrogen) atoms. The van der Waals surface area contributed by atoms with Crippen molar-refractivity contribution in [2.75, 3.05) is 31.5 Å². The first-order valence-corrected chi connectivity index (χ1v) is 7.90. The van der Waals surface area contributed by atoms with Crippen LogP contribution in [0.5, 0.6) is 0 Å². The summed E-state index contributed by atoms with van der Waals surface area (Å²) in [7, 11) is 0. The zero-order valence-electron chi connectivity index (χ0n) is 13.4. The highest BCUT2D eigenvalue weighted by Gasteiger charge is 2.26. The number of halogens is 2. The zero-order chi connectivity index (χ0) is 17.8. The Morgan fingerprint density at radius 2 is 1.52 bits per heavy atom. The fourth-order valence-corrected chi connectivity index (χ4v) is 2.67. The number of rotatable bonds is 2. The van der Waals surface area contributed by atoms with Crippen molar-refractivity contribution in [1.82, 2.24) is 9.80 Å². The van der Waals surface area contributed by atoms with Crippen molar-refractivity contribution in [3.8, 4) is 0 Å². The molecule has 1 aliphatic rings. The van der Waals surface area contributed by atoms with Crippen LogP contribution in [0.1, 0.15) is 10.4 Å². The molecule has 3 amide bonds. The van der Waals surface area contributed by atoms with E-state index < -0.39 is 17.5 Å². The van der Waals surface area contributed by atoms with Crippen molar-refractivity contribution >= 4 is 17.6 Å². The predicted octanol–water partition coefficient (Wildman–Crippen LogP) is 2.95. The molecule has 2 aromatic rings. The molecule has 1 heterocycles. The third-order valence-corrected chi connectivity index (χ3v) is 4.04. The second-order valence-corrected chi connectivity index (χ2v) is 5.70. The number of hydrogen-bond acceptors (Lipinski definition) is 2. The van der Waals surface area contributed by atoms with Crippen molar-refractivity contribution in [1.29, 1.82) is 0 Å². The van der Waals surface area contributed by atoms with E-state index in [1.807, 2.05) is 18.2 Å². The monoisotopic (exact) mass is 345 g/mol. The second-order valence-electron chi connectivity index (χ2n) is 5.70. The van der Waals surface area contributed by atoms with Crippen molar-refractivity contribution < 1.29 is 18.4 Å². The average Bonchev–Trinajstić information content (AvgIpc) is 2.64. The van der Waals surface area contributed by atoms with E-state index in [9.17, 15) is 18.4 Å². The molecular formula is C18H17F2N3O2. The summed E-state index contributed by atoms with van der Waals surface area (Å²) >= 11 is 0. The molecule has 2 aromatic carbocycles. The number of nitrogens with one attached hydrogen (secondary N) is 1. The second kappa shape index (κ2) is 7.29. The molecule has 1 saturated heterocycles. The summed E-state index contributed by atoms with van der Waals surface area (Å²) in [5.41, 5.74) is 0.398. The lowest BCUT2D eigenvalue weighted by atomic mass is 10.1. The van der Waals surface area contributed by atoms with Gasteiger partial charge in [-0.05, 0) is 30.3 Å². The largest absolute Gasteiger partial charge is 0.335 e. The quantitative estimate of drug-likeness (QED) is 0.910. The van der Waals surface area contributed by atoms with Crippen LogP contribution in [0.15, 0.2) is 48.5 Å². The van der Waals surface area contributed by atoms with Gasteiger partial charge in [0, 0.05) is 31.9 Å². The number of benzene rings is 2. The predicted molar refractivity (Wildman–Crippen MR) is 89.3 cm³/mol. The van der Waals surface area contributed by atoms with Gasteiger partial charge in [-0.1, -0.05) is 18.2 Å². The molecule has 7 heteroatoms. The first-order valence-electron chi connectivity index (χ1n) is 7.90. The molecule has 0 spiro atoms. The summed E-state index contributed by atoms with van der Waals surface area (Å²) in [6, 6.07) is 11.6. The summed E-state index contributed by atoms with van der Waals surface area (Å²) in [5.74, 6) is -1.98. The highest BCUT2D eigenvalue weighted by molar-refractivity contribution is 5.95. The van der Waals surface area contributed by atoms with E-state index in [2.05, 4.69) is 5.32 Å². The highest BCUT2D eigenvalue weighted by Crippen LogP contribution is 2.15. The third-order valence-electron chi connectivity index (χ3n) is 4.04. The van der Waals surface area contributed by atoms with Crippen molar-refractivity contribution in [3.63, 3.8) is 0 Å². The number of amides is 3. The molecule has 0 saturated carbocycles. The molecule has 1 N–H and O–H groups in total. The van der Waals surface area contributed by atoms with Gasteiger partial charge in [0.15, 0.2) is 0 Å². The summed E-state index contributed by atoms with van der Waals surface area (Å²) in [4.78, 5) is 27.6. The van der Waals surface area contributed by atoms with Crippen molar-refractivity contribution in [3.05, 3.63) is 65.7 Å². The number of carbonyl (C=O) groups excluding carboxylic acids is 2. The molecule has 0 aromatic heterocycles. The van der Waals surface area contributed by atoms with Crippen molar-refractivity contribution in [2.45, 2.75) is 0 Å². The van der Waals surface area contributed by atoms with Gasteiger partial charge in [-0.3, -0.25) is 4.79 Å². The number of nitrogens with zero attached hydrogens (tertiary/aromatic N) is 2. The van der Waals surface area contributed by atoms with Gasteiger partial charge < -0.3 is 15.1 Å². The van der Waals surface area contributed by atoms with Crippen LogP contribution in [0.2, 0.25) is 0 Å². The molecule has 0 unspecified atom stereocenters. The molecule has 0 bridgehead atoms. The lowest BCUT2D eigenvalue weighted by Crippen LogP contribution is -2.51. The Bertz CT molecular complexity index is 775. The van der Waals surface area contributed by atoms with E-state index in [1.54, 1.807) is 17.0 Å². The van der Waals surface area contributed by atoms with Gasteiger partial charge in [0.25, 0.3) is 5.91 Å². The lowest BCUT2D eigenvalue weighted by molar-refractivity contribution is 0.0666. The number of anilines is 1. The molecule has 0 aliphatic carbocycles. The first-order chi connectivity index (χ1) is 12.0. The van der Waals surface area contributed by atoms with Crippen LogP contribution < -0.4 is 5.32 Å². The molecule has 3 rings (SSSR count). The Kier molecular flexibility index (Phi) is 4.92. The van der Waals surface area contributed by atoms with Gasteiger partial charge in [0.05, 0.1) is 5.56 Å². The van der Waals surface area contributed by atoms with Crippen LogP contribution in [0.25, 0.3) is 0 Å². The van der Waals surface area contributed by atoms with Crippen LogP contribution in [0, 0.1) is 11.6 Å². The molecule has 0 radical (unpaired) electrons. The number of urea groups is 1. The SMILES string of the molecule is O=C(Nc1ccccc1)N1CCN(C(=O)c2cc(F)ccc2F)CC1. The molecule has 1 fully saturated rings. The summed E-state index contributed by atoms with van der Waals surface area (Å²) in [6.07, 6.45) is 0. The van der Waals surface area contributed by atoms with E-state index >= 15 is 0 Å². The van der Waals surface area contributed by atoms with Crippen LogP contribution in [0.4, 0.5) is 19.3 Å². The van der Waals surface area contributed by atoms with Crippen molar-refractivity contribution in [2.24, 2.45) is 0 Å². The van der Waals surface area contributed by atoms with Gasteiger partial charge in [-0.2, -0.15) is 0 Å². The molecule has 130 valence electrons. The minimum atomic E-state index is -0.754. The number of hydrogen-bond donors (Lipinski definition) is 1. The maximum Gasteiger partial charge on any atom is 0.321 e. The summed E-state index contributed by atoms with van der Waals surface area (Å²) in [6.45, 7) is 1.16. The molecule has 1 aliphatic heterocycles. The van der Waals surface area contributed by atoms with E-state index in [1.165, 1.54) is 4.90 Å². The number of carbonyl (C=O) groups is 2. The molecule has 5 nitrogen and oxygen atoms in total. The smallest absolute Gasteiger partial charge is 0.321 e. The van der Waals surface area contributed by atoms with E-state index in [0.29, 0.717) is 18.8 Å². The Morgan fingerprint density at radius 3 is 2.20 bits per heavy atom. The van der Waals surface area contributed by atoms with Crippen LogP contribution >= 0.6 is 0 Å². The van der Waals surface area contributed by atoms with Crippen LogP contribution in [-0.4, -0.2) is 47.9 Å². The Hall–Kier alpha value is -2.96. The maximum atomic E-state index is 13.7. The van der Waals surface area contributed by atoms with E-state index in [0.717, 1.165) is 18.2 Å². The summed E-state index contributed by atoms with van der Waals surface area (Å²) < 4.78 is 27.0. The highest BCUT2D eigenvalue weighted by atomic mass is 19.1. The van der Waals surface area contributed by atoms with Gasteiger partial charge in [0.2, 0.25) is 0 Å². The third kappa shape index (κ3) is 3.93. The average molecular weight is 345 g/mol. The lowest BCUT2D eigenvalue weighted by Gasteiger charge is -2.34. The zero-order valence-corrected chi connectivity index (χ0v) is 13.4. The van der Waals surface area contributed by atoms with Gasteiger partial charge in [-0.15, -0.1) is 0 Å². The fraction of sp³-hybridized carbons (Fsp3) is 0.222. The number of para-hydroxylation sites is 1. The Balaban J connectivity index is 1.59. The fourth-order valence-electron chi connectivity index (χ4n) is 2.67. The van der Waals surface area contributed by atoms with E-state index in [-0.39, 0.29) is 24.7 Å². The Morgan fingerprint density at radius 1 is 0.880 bits per heavy atom. The Labute approximate surface area is 143 Å². The standard InChI is InChI=1S/C18H17F2N3O2/c19-13-6-7-16(20)15(12-13)17(24)22-8-10-23(11-9-22)18(25)21-14-4-2-1-3-5-14/h1-7,12H,8-11H2,(H,21,25). The minimum Gasteiger partial charge on any atom is -0.335 e. The normalized spacial score (nSPS) is 14.3. The van der Waals surface area contributed by atoms with Crippen LogP contribution in [-0.2, 0) is 0 Å². The topological polar surface area (TPSA) is 52.7 Å². The maximum absolute atomic E-state index is 13.7. The minimum absolute atomic E-state index is 0.254. The first kappa shape index (κ1) is 16.9.